The van der Waals surface area contributed by atoms with Crippen LogP contribution in [0.25, 0.3) is 0 Å². The second-order valence-corrected chi connectivity index (χ2v) is 4.68. The van der Waals surface area contributed by atoms with Crippen molar-refractivity contribution in [3.05, 3.63) is 11.9 Å². The average molecular weight is 266 g/mol. The summed E-state index contributed by atoms with van der Waals surface area (Å²) in [6.45, 7) is 6.76. The first-order valence-corrected chi connectivity index (χ1v) is 7.12. The summed E-state index contributed by atoms with van der Waals surface area (Å²) in [5.74, 6) is 2.70. The lowest BCUT2D eigenvalue weighted by molar-refractivity contribution is 0.114. The topological polar surface area (TPSA) is 70.1 Å². The third-order valence-electron chi connectivity index (χ3n) is 3.43. The van der Waals surface area contributed by atoms with E-state index in [2.05, 4.69) is 34.4 Å². The predicted octanol–water partition coefficient (Wildman–Crippen LogP) is 2.29. The van der Waals surface area contributed by atoms with E-state index in [1.165, 1.54) is 0 Å². The van der Waals surface area contributed by atoms with Crippen LogP contribution in [0.3, 0.4) is 0 Å². The summed E-state index contributed by atoms with van der Waals surface area (Å²) in [6.07, 6.45) is 2.43. The van der Waals surface area contributed by atoms with Crippen LogP contribution >= 0.6 is 0 Å². The summed E-state index contributed by atoms with van der Waals surface area (Å²) in [7, 11) is 1.84. The zero-order valence-corrected chi connectivity index (χ0v) is 12.4. The summed E-state index contributed by atoms with van der Waals surface area (Å²) in [6, 6.07) is 1.86. The van der Waals surface area contributed by atoms with Gasteiger partial charge in [0.25, 0.3) is 0 Å². The molecule has 5 heteroatoms. The number of nitrogens with zero attached hydrogens (tertiary/aromatic N) is 2. The van der Waals surface area contributed by atoms with Crippen LogP contribution < -0.4 is 10.6 Å². The molecule has 0 bridgehead atoms. The second-order valence-electron chi connectivity index (χ2n) is 4.68. The second kappa shape index (κ2) is 7.94. The molecule has 3 N–H and O–H groups in total. The molecule has 0 saturated carbocycles. The minimum absolute atomic E-state index is 0.337. The number of aryl methyl sites for hydroxylation is 1. The standard InChI is InChI=1S/C14H26N4O/c1-5-10(6-2)11(19)9-16-14-8-13(15-4)17-12(7-3)18-14/h8,10-11,19H,5-7,9H2,1-4H3,(H2,15,16,17,18). The van der Waals surface area contributed by atoms with Gasteiger partial charge in [0.05, 0.1) is 6.10 Å². The zero-order valence-electron chi connectivity index (χ0n) is 12.4. The van der Waals surface area contributed by atoms with E-state index in [0.717, 1.165) is 36.7 Å². The van der Waals surface area contributed by atoms with Gasteiger partial charge in [0.15, 0.2) is 0 Å². The Morgan fingerprint density at radius 2 is 1.79 bits per heavy atom. The van der Waals surface area contributed by atoms with Crippen LogP contribution in [-0.4, -0.2) is 34.8 Å². The van der Waals surface area contributed by atoms with Crippen molar-refractivity contribution >= 4 is 11.6 Å². The molecule has 1 aromatic rings. The van der Waals surface area contributed by atoms with E-state index in [1.807, 2.05) is 20.0 Å². The molecule has 5 nitrogen and oxygen atoms in total. The van der Waals surface area contributed by atoms with Crippen LogP contribution in [0.2, 0.25) is 0 Å². The quantitative estimate of drug-likeness (QED) is 0.673. The van der Waals surface area contributed by atoms with Gasteiger partial charge in [0, 0.05) is 26.1 Å². The smallest absolute Gasteiger partial charge is 0.132 e. The van der Waals surface area contributed by atoms with Crippen molar-refractivity contribution in [2.75, 3.05) is 24.2 Å². The molecule has 0 radical (unpaired) electrons. The molecule has 0 aliphatic heterocycles. The van der Waals surface area contributed by atoms with Crippen molar-refractivity contribution in [3.63, 3.8) is 0 Å². The normalized spacial score (nSPS) is 12.5. The van der Waals surface area contributed by atoms with Crippen LogP contribution in [-0.2, 0) is 6.42 Å². The lowest BCUT2D eigenvalue weighted by atomic mass is 9.97. The highest BCUT2D eigenvalue weighted by atomic mass is 16.3. The van der Waals surface area contributed by atoms with E-state index >= 15 is 0 Å². The van der Waals surface area contributed by atoms with Gasteiger partial charge in [0.1, 0.15) is 17.5 Å². The Labute approximate surface area is 115 Å². The molecule has 0 amide bonds. The van der Waals surface area contributed by atoms with Gasteiger partial charge in [-0.3, -0.25) is 0 Å². The molecule has 1 aromatic heterocycles. The van der Waals surface area contributed by atoms with Gasteiger partial charge in [0.2, 0.25) is 0 Å². The van der Waals surface area contributed by atoms with Crippen molar-refractivity contribution in [2.24, 2.45) is 5.92 Å². The number of aliphatic hydroxyl groups is 1. The van der Waals surface area contributed by atoms with Gasteiger partial charge in [-0.05, 0) is 5.92 Å². The van der Waals surface area contributed by atoms with Gasteiger partial charge in [-0.15, -0.1) is 0 Å². The maximum absolute atomic E-state index is 10.1. The monoisotopic (exact) mass is 266 g/mol. The third kappa shape index (κ3) is 4.67. The lowest BCUT2D eigenvalue weighted by Gasteiger charge is -2.20. The zero-order chi connectivity index (χ0) is 14.3. The molecule has 0 saturated heterocycles. The minimum Gasteiger partial charge on any atom is -0.391 e. The molecule has 1 unspecified atom stereocenters. The molecule has 108 valence electrons. The fourth-order valence-corrected chi connectivity index (χ4v) is 2.08. The molecule has 1 heterocycles. The Balaban J connectivity index is 2.66. The van der Waals surface area contributed by atoms with Crippen LogP contribution in [0.4, 0.5) is 11.6 Å². The number of hydrogen-bond donors (Lipinski definition) is 3. The minimum atomic E-state index is -0.340. The Kier molecular flexibility index (Phi) is 6.56. The van der Waals surface area contributed by atoms with Crippen molar-refractivity contribution in [3.8, 4) is 0 Å². The SMILES string of the molecule is CCc1nc(NC)cc(NCC(O)C(CC)CC)n1. The Morgan fingerprint density at radius 1 is 1.16 bits per heavy atom. The van der Waals surface area contributed by atoms with E-state index < -0.39 is 0 Å². The predicted molar refractivity (Wildman–Crippen MR) is 79.5 cm³/mol. The lowest BCUT2D eigenvalue weighted by Crippen LogP contribution is -2.28. The third-order valence-corrected chi connectivity index (χ3v) is 3.43. The van der Waals surface area contributed by atoms with E-state index in [0.29, 0.717) is 12.5 Å². The Morgan fingerprint density at radius 3 is 2.32 bits per heavy atom. The fraction of sp³-hybridized carbons (Fsp3) is 0.714. The number of hydrogen-bond acceptors (Lipinski definition) is 5. The number of rotatable bonds is 8. The van der Waals surface area contributed by atoms with Gasteiger partial charge in [-0.2, -0.15) is 0 Å². The van der Waals surface area contributed by atoms with E-state index in [9.17, 15) is 5.11 Å². The van der Waals surface area contributed by atoms with E-state index in [4.69, 9.17) is 0 Å². The molecule has 0 spiro atoms. The van der Waals surface area contributed by atoms with E-state index in [-0.39, 0.29) is 6.10 Å². The molecule has 0 aromatic carbocycles. The van der Waals surface area contributed by atoms with Crippen molar-refractivity contribution in [1.82, 2.24) is 9.97 Å². The van der Waals surface area contributed by atoms with Gasteiger partial charge in [-0.1, -0.05) is 33.6 Å². The molecular weight excluding hydrogens is 240 g/mol. The average Bonchev–Trinajstić information content (AvgIpc) is 2.45. The molecule has 19 heavy (non-hydrogen) atoms. The molecule has 1 rings (SSSR count). The Hall–Kier alpha value is -1.36. The highest BCUT2D eigenvalue weighted by Crippen LogP contribution is 2.15. The summed E-state index contributed by atoms with van der Waals surface area (Å²) >= 11 is 0. The molecule has 0 fully saturated rings. The molecule has 1 atom stereocenters. The first kappa shape index (κ1) is 15.7. The molecule has 0 aliphatic carbocycles. The number of nitrogens with one attached hydrogen (secondary N) is 2. The van der Waals surface area contributed by atoms with Gasteiger partial charge < -0.3 is 15.7 Å². The largest absolute Gasteiger partial charge is 0.391 e. The van der Waals surface area contributed by atoms with Crippen LogP contribution in [0.1, 0.15) is 39.4 Å². The first-order valence-electron chi connectivity index (χ1n) is 7.12. The number of anilines is 2. The Bertz CT molecular complexity index is 357. The number of aliphatic hydroxyl groups excluding tert-OH is 1. The number of aromatic nitrogens is 2. The van der Waals surface area contributed by atoms with Gasteiger partial charge >= 0.3 is 0 Å². The summed E-state index contributed by atoms with van der Waals surface area (Å²) in [4.78, 5) is 8.75. The van der Waals surface area contributed by atoms with Crippen LogP contribution in [0.5, 0.6) is 0 Å². The van der Waals surface area contributed by atoms with Crippen LogP contribution in [0.15, 0.2) is 6.07 Å². The maximum Gasteiger partial charge on any atom is 0.132 e. The van der Waals surface area contributed by atoms with E-state index in [1.54, 1.807) is 0 Å². The fourth-order valence-electron chi connectivity index (χ4n) is 2.08. The first-order chi connectivity index (χ1) is 9.14. The summed E-state index contributed by atoms with van der Waals surface area (Å²) < 4.78 is 0. The van der Waals surface area contributed by atoms with Crippen molar-refractivity contribution in [2.45, 2.75) is 46.1 Å². The highest BCUT2D eigenvalue weighted by Gasteiger charge is 2.15. The van der Waals surface area contributed by atoms with Crippen LogP contribution in [0, 0.1) is 5.92 Å². The maximum atomic E-state index is 10.1. The highest BCUT2D eigenvalue weighted by molar-refractivity contribution is 5.47. The van der Waals surface area contributed by atoms with Crippen molar-refractivity contribution < 1.29 is 5.11 Å². The van der Waals surface area contributed by atoms with Crippen molar-refractivity contribution in [1.29, 1.82) is 0 Å². The van der Waals surface area contributed by atoms with Gasteiger partial charge in [-0.25, -0.2) is 9.97 Å². The molecular formula is C14H26N4O. The summed E-state index contributed by atoms with van der Waals surface area (Å²) in [5, 5.41) is 16.3. The molecule has 0 aliphatic rings. The summed E-state index contributed by atoms with van der Waals surface area (Å²) in [5.41, 5.74) is 0.